The molecule has 1 unspecified atom stereocenters. The van der Waals surface area contributed by atoms with Gasteiger partial charge in [0.1, 0.15) is 12.4 Å². The highest BCUT2D eigenvalue weighted by molar-refractivity contribution is 6.31. The van der Waals surface area contributed by atoms with Crippen LogP contribution in [0.1, 0.15) is 69.7 Å². The fourth-order valence-electron chi connectivity index (χ4n) is 3.81. The Kier molecular flexibility index (Phi) is 6.58. The van der Waals surface area contributed by atoms with Crippen LogP contribution in [0.4, 0.5) is 4.39 Å². The van der Waals surface area contributed by atoms with E-state index in [1.54, 1.807) is 6.07 Å². The molecule has 1 aromatic carbocycles. The topological polar surface area (TPSA) is 27.1 Å². The zero-order valence-corrected chi connectivity index (χ0v) is 16.4. The third kappa shape index (κ3) is 4.59. The summed E-state index contributed by atoms with van der Waals surface area (Å²) in [6.07, 6.45) is 8.46. The smallest absolute Gasteiger partial charge is 0.212 e. The first-order chi connectivity index (χ1) is 12.6. The molecule has 142 valence electrons. The van der Waals surface area contributed by atoms with E-state index in [0.717, 1.165) is 30.0 Å². The Labute approximate surface area is 160 Å². The quantitative estimate of drug-likeness (QED) is 0.561. The lowest BCUT2D eigenvalue weighted by Gasteiger charge is -2.28. The van der Waals surface area contributed by atoms with Gasteiger partial charge in [-0.2, -0.15) is 5.10 Å². The molecule has 1 aliphatic rings. The summed E-state index contributed by atoms with van der Waals surface area (Å²) in [5.41, 5.74) is 1.85. The van der Waals surface area contributed by atoms with E-state index in [1.165, 1.54) is 44.2 Å². The van der Waals surface area contributed by atoms with Crippen molar-refractivity contribution < 1.29 is 9.13 Å². The Balaban J connectivity index is 1.78. The molecule has 5 heteroatoms. The number of aryl methyl sites for hydroxylation is 1. The molecule has 3 nitrogen and oxygen atoms in total. The van der Waals surface area contributed by atoms with Crippen LogP contribution < -0.4 is 4.74 Å². The molecule has 0 aliphatic heterocycles. The van der Waals surface area contributed by atoms with Gasteiger partial charge in [-0.1, -0.05) is 50.3 Å². The van der Waals surface area contributed by atoms with Crippen LogP contribution in [0.25, 0.3) is 0 Å². The largest absolute Gasteiger partial charge is 0.473 e. The van der Waals surface area contributed by atoms with E-state index in [9.17, 15) is 4.39 Å². The Morgan fingerprint density at radius 2 is 2.04 bits per heavy atom. The van der Waals surface area contributed by atoms with Gasteiger partial charge in [0.05, 0.1) is 16.8 Å². The summed E-state index contributed by atoms with van der Waals surface area (Å²) < 4.78 is 21.4. The van der Waals surface area contributed by atoms with Crippen LogP contribution in [-0.2, 0) is 13.0 Å². The molecule has 1 aromatic heterocycles. The van der Waals surface area contributed by atoms with Crippen LogP contribution in [0.2, 0.25) is 5.02 Å². The minimum atomic E-state index is -0.333. The molecular weight excluding hydrogens is 351 g/mol. The highest BCUT2D eigenvalue weighted by atomic mass is 35.5. The number of hydrogen-bond acceptors (Lipinski definition) is 2. The van der Waals surface area contributed by atoms with Gasteiger partial charge in [-0.05, 0) is 44.2 Å². The molecule has 1 fully saturated rings. The van der Waals surface area contributed by atoms with E-state index in [0.29, 0.717) is 23.6 Å². The maximum Gasteiger partial charge on any atom is 0.212 e. The molecule has 0 saturated heterocycles. The maximum absolute atomic E-state index is 13.2. The zero-order valence-electron chi connectivity index (χ0n) is 15.7. The van der Waals surface area contributed by atoms with Crippen LogP contribution in [0.5, 0.6) is 5.88 Å². The first-order valence-corrected chi connectivity index (χ1v) is 10.1. The molecule has 0 N–H and O–H groups in total. The van der Waals surface area contributed by atoms with Crippen molar-refractivity contribution in [3.8, 4) is 5.88 Å². The summed E-state index contributed by atoms with van der Waals surface area (Å²) in [6.45, 7) is 4.71. The molecule has 0 spiro atoms. The van der Waals surface area contributed by atoms with Crippen molar-refractivity contribution in [3.05, 3.63) is 46.4 Å². The molecule has 0 amide bonds. The van der Waals surface area contributed by atoms with Gasteiger partial charge in [-0.25, -0.2) is 9.07 Å². The summed E-state index contributed by atoms with van der Waals surface area (Å²) in [4.78, 5) is 0. The summed E-state index contributed by atoms with van der Waals surface area (Å²) in [5.74, 6) is 1.10. The van der Waals surface area contributed by atoms with Gasteiger partial charge in [0, 0.05) is 11.6 Å². The molecule has 1 aliphatic carbocycles. The van der Waals surface area contributed by atoms with Crippen molar-refractivity contribution in [3.63, 3.8) is 0 Å². The molecule has 1 saturated carbocycles. The second-order valence-corrected chi connectivity index (χ2v) is 7.74. The van der Waals surface area contributed by atoms with E-state index >= 15 is 0 Å². The molecular formula is C21H28ClFN2O. The zero-order chi connectivity index (χ0) is 18.5. The second-order valence-electron chi connectivity index (χ2n) is 7.33. The van der Waals surface area contributed by atoms with Gasteiger partial charge in [0.15, 0.2) is 0 Å². The van der Waals surface area contributed by atoms with Crippen LogP contribution >= 0.6 is 11.6 Å². The standard InChI is InChI=1S/C21H28ClFN2O/c1-3-7-19-13-21(26-14-17-10-11-18(23)12-20(17)22)25(24-19)15(2)16-8-5-4-6-9-16/h10-13,15-16H,3-9,14H2,1-2H3. The van der Waals surface area contributed by atoms with Crippen molar-refractivity contribution in [2.45, 2.75) is 71.4 Å². The molecule has 1 atom stereocenters. The van der Waals surface area contributed by atoms with E-state index in [-0.39, 0.29) is 5.82 Å². The average Bonchev–Trinajstić information content (AvgIpc) is 3.04. The minimum absolute atomic E-state index is 0.313. The number of aromatic nitrogens is 2. The first kappa shape index (κ1) is 19.2. The monoisotopic (exact) mass is 378 g/mol. The Morgan fingerprint density at radius 1 is 1.27 bits per heavy atom. The Bertz CT molecular complexity index is 725. The molecule has 1 heterocycles. The van der Waals surface area contributed by atoms with Crippen LogP contribution in [-0.4, -0.2) is 9.78 Å². The number of halogens is 2. The van der Waals surface area contributed by atoms with Crippen molar-refractivity contribution in [1.82, 2.24) is 9.78 Å². The van der Waals surface area contributed by atoms with Gasteiger partial charge >= 0.3 is 0 Å². The SMILES string of the molecule is CCCc1cc(OCc2ccc(F)cc2Cl)n(C(C)C2CCCCC2)n1. The lowest BCUT2D eigenvalue weighted by Crippen LogP contribution is -2.21. The Hall–Kier alpha value is -1.55. The molecule has 0 bridgehead atoms. The fraction of sp³-hybridized carbons (Fsp3) is 0.571. The van der Waals surface area contributed by atoms with Gasteiger partial charge in [-0.3, -0.25) is 0 Å². The third-order valence-electron chi connectivity index (χ3n) is 5.37. The number of benzene rings is 1. The number of nitrogens with zero attached hydrogens (tertiary/aromatic N) is 2. The lowest BCUT2D eigenvalue weighted by atomic mass is 9.85. The summed E-state index contributed by atoms with van der Waals surface area (Å²) >= 11 is 6.13. The van der Waals surface area contributed by atoms with Gasteiger partial charge < -0.3 is 4.74 Å². The minimum Gasteiger partial charge on any atom is -0.473 e. The summed E-state index contributed by atoms with van der Waals surface area (Å²) in [6, 6.07) is 6.77. The van der Waals surface area contributed by atoms with Crippen LogP contribution in [0, 0.1) is 11.7 Å². The predicted octanol–water partition coefficient (Wildman–Crippen LogP) is 6.35. The van der Waals surface area contributed by atoms with E-state index in [2.05, 4.69) is 18.5 Å². The second kappa shape index (κ2) is 8.90. The number of hydrogen-bond donors (Lipinski definition) is 0. The highest BCUT2D eigenvalue weighted by Crippen LogP contribution is 2.35. The van der Waals surface area contributed by atoms with Gasteiger partial charge in [0.25, 0.3) is 0 Å². The highest BCUT2D eigenvalue weighted by Gasteiger charge is 2.25. The first-order valence-electron chi connectivity index (χ1n) is 9.73. The average molecular weight is 379 g/mol. The van der Waals surface area contributed by atoms with Gasteiger partial charge in [-0.15, -0.1) is 0 Å². The third-order valence-corrected chi connectivity index (χ3v) is 5.72. The predicted molar refractivity (Wildman–Crippen MR) is 103 cm³/mol. The molecule has 2 aromatic rings. The Morgan fingerprint density at radius 3 is 2.73 bits per heavy atom. The van der Waals surface area contributed by atoms with Crippen molar-refractivity contribution in [1.29, 1.82) is 0 Å². The van der Waals surface area contributed by atoms with E-state index in [1.807, 2.05) is 6.07 Å². The maximum atomic E-state index is 13.2. The number of ether oxygens (including phenoxy) is 1. The van der Waals surface area contributed by atoms with E-state index in [4.69, 9.17) is 21.4 Å². The number of rotatable bonds is 7. The van der Waals surface area contributed by atoms with Crippen molar-refractivity contribution >= 4 is 11.6 Å². The normalized spacial score (nSPS) is 16.6. The summed E-state index contributed by atoms with van der Waals surface area (Å²) in [7, 11) is 0. The van der Waals surface area contributed by atoms with Crippen LogP contribution in [0.3, 0.4) is 0 Å². The fourth-order valence-corrected chi connectivity index (χ4v) is 4.03. The summed E-state index contributed by atoms with van der Waals surface area (Å²) in [5, 5.41) is 5.22. The molecule has 26 heavy (non-hydrogen) atoms. The van der Waals surface area contributed by atoms with Crippen LogP contribution in [0.15, 0.2) is 24.3 Å². The van der Waals surface area contributed by atoms with Gasteiger partial charge in [0.2, 0.25) is 5.88 Å². The molecule has 0 radical (unpaired) electrons. The molecule has 3 rings (SSSR count). The van der Waals surface area contributed by atoms with Crippen molar-refractivity contribution in [2.75, 3.05) is 0 Å². The van der Waals surface area contributed by atoms with E-state index < -0.39 is 0 Å². The lowest BCUT2D eigenvalue weighted by molar-refractivity contribution is 0.209. The van der Waals surface area contributed by atoms with Crippen molar-refractivity contribution in [2.24, 2.45) is 5.92 Å².